The average Bonchev–Trinajstić information content (AvgIpc) is 3.31. The second-order valence-electron chi connectivity index (χ2n) is 6.68. The molecule has 1 aliphatic heterocycles. The monoisotopic (exact) mass is 342 g/mol. The maximum atomic E-state index is 12.2. The number of rotatable bonds is 5. The van der Waals surface area contributed by atoms with Crippen molar-refractivity contribution in [3.8, 4) is 0 Å². The molecular formula is C18H22N4O3. The summed E-state index contributed by atoms with van der Waals surface area (Å²) in [7, 11) is 0. The van der Waals surface area contributed by atoms with Crippen LogP contribution in [0, 0.1) is 5.92 Å². The van der Waals surface area contributed by atoms with Crippen LogP contribution in [0.1, 0.15) is 28.8 Å². The molecule has 1 N–H and O–H groups in total. The number of nitrogens with zero attached hydrogens (tertiary/aromatic N) is 3. The molecule has 2 aliphatic rings. The van der Waals surface area contributed by atoms with Crippen molar-refractivity contribution in [2.45, 2.75) is 31.5 Å². The Morgan fingerprint density at radius 2 is 2.28 bits per heavy atom. The number of morpholine rings is 1. The topological polar surface area (TPSA) is 80.5 Å². The summed E-state index contributed by atoms with van der Waals surface area (Å²) in [6.07, 6.45) is 8.87. The molecule has 7 nitrogen and oxygen atoms in total. The molecule has 0 spiro atoms. The smallest absolute Gasteiger partial charge is 0.252 e. The third kappa shape index (κ3) is 3.57. The van der Waals surface area contributed by atoms with Gasteiger partial charge >= 0.3 is 0 Å². The third-order valence-corrected chi connectivity index (χ3v) is 5.17. The summed E-state index contributed by atoms with van der Waals surface area (Å²) >= 11 is 0. The SMILES string of the molecule is O=C(NC[C@@H]1CC[C@H]2[C@H]1OCCN2Cc1ccoc1)c1ccnnc1. The highest BCUT2D eigenvalue weighted by atomic mass is 16.5. The molecule has 0 radical (unpaired) electrons. The summed E-state index contributed by atoms with van der Waals surface area (Å²) in [6, 6.07) is 4.09. The van der Waals surface area contributed by atoms with E-state index in [-0.39, 0.29) is 12.0 Å². The zero-order valence-electron chi connectivity index (χ0n) is 14.0. The van der Waals surface area contributed by atoms with Gasteiger partial charge in [-0.05, 0) is 25.0 Å². The molecule has 3 atom stereocenters. The minimum absolute atomic E-state index is 0.107. The zero-order chi connectivity index (χ0) is 17.1. The minimum atomic E-state index is -0.107. The molecular weight excluding hydrogens is 320 g/mol. The molecule has 7 heteroatoms. The second kappa shape index (κ2) is 7.33. The van der Waals surface area contributed by atoms with Gasteiger partial charge in [0.2, 0.25) is 0 Å². The van der Waals surface area contributed by atoms with E-state index < -0.39 is 0 Å². The van der Waals surface area contributed by atoms with Gasteiger partial charge in [-0.2, -0.15) is 10.2 Å². The Kier molecular flexibility index (Phi) is 4.76. The largest absolute Gasteiger partial charge is 0.472 e. The Balaban J connectivity index is 1.34. The Hall–Kier alpha value is -2.25. The number of hydrogen-bond acceptors (Lipinski definition) is 6. The van der Waals surface area contributed by atoms with E-state index in [0.29, 0.717) is 24.1 Å². The maximum Gasteiger partial charge on any atom is 0.252 e. The van der Waals surface area contributed by atoms with Crippen LogP contribution in [0.4, 0.5) is 0 Å². The summed E-state index contributed by atoms with van der Waals surface area (Å²) in [5, 5.41) is 10.5. The molecule has 0 unspecified atom stereocenters. The summed E-state index contributed by atoms with van der Waals surface area (Å²) in [5.74, 6) is 0.236. The number of aromatic nitrogens is 2. The van der Waals surface area contributed by atoms with Gasteiger partial charge in [0, 0.05) is 37.2 Å². The van der Waals surface area contributed by atoms with Gasteiger partial charge in [0.1, 0.15) is 0 Å². The van der Waals surface area contributed by atoms with Gasteiger partial charge in [-0.25, -0.2) is 0 Å². The zero-order valence-corrected chi connectivity index (χ0v) is 14.0. The van der Waals surface area contributed by atoms with Crippen molar-refractivity contribution >= 4 is 5.91 Å². The van der Waals surface area contributed by atoms with E-state index in [4.69, 9.17) is 9.15 Å². The summed E-state index contributed by atoms with van der Waals surface area (Å²) in [5.41, 5.74) is 1.73. The van der Waals surface area contributed by atoms with Crippen LogP contribution in [0.3, 0.4) is 0 Å². The summed E-state index contributed by atoms with van der Waals surface area (Å²) in [6.45, 7) is 3.19. The number of carbonyl (C=O) groups excluding carboxylic acids is 1. The molecule has 1 saturated carbocycles. The van der Waals surface area contributed by atoms with Gasteiger partial charge < -0.3 is 14.5 Å². The number of ether oxygens (including phenoxy) is 1. The van der Waals surface area contributed by atoms with Crippen molar-refractivity contribution < 1.29 is 13.9 Å². The fraction of sp³-hybridized carbons (Fsp3) is 0.500. The molecule has 0 bridgehead atoms. The highest BCUT2D eigenvalue weighted by Crippen LogP contribution is 2.35. The Morgan fingerprint density at radius 1 is 1.32 bits per heavy atom. The number of amides is 1. The van der Waals surface area contributed by atoms with E-state index in [1.807, 2.05) is 6.07 Å². The van der Waals surface area contributed by atoms with Crippen molar-refractivity contribution in [3.63, 3.8) is 0 Å². The van der Waals surface area contributed by atoms with Crippen LogP contribution in [0.15, 0.2) is 41.5 Å². The predicted molar refractivity (Wildman–Crippen MR) is 89.7 cm³/mol. The maximum absolute atomic E-state index is 12.2. The van der Waals surface area contributed by atoms with Crippen molar-refractivity contribution in [3.05, 3.63) is 48.2 Å². The lowest BCUT2D eigenvalue weighted by Gasteiger charge is -2.39. The predicted octanol–water partition coefficient (Wildman–Crippen LogP) is 1.48. The van der Waals surface area contributed by atoms with Crippen LogP contribution in [-0.2, 0) is 11.3 Å². The van der Waals surface area contributed by atoms with Crippen molar-refractivity contribution in [2.24, 2.45) is 5.92 Å². The van der Waals surface area contributed by atoms with Crippen molar-refractivity contribution in [2.75, 3.05) is 19.7 Å². The molecule has 1 aliphatic carbocycles. The van der Waals surface area contributed by atoms with E-state index in [9.17, 15) is 4.79 Å². The van der Waals surface area contributed by atoms with Gasteiger partial charge in [0.15, 0.2) is 0 Å². The van der Waals surface area contributed by atoms with Crippen LogP contribution >= 0.6 is 0 Å². The first-order valence-electron chi connectivity index (χ1n) is 8.73. The highest BCUT2D eigenvalue weighted by molar-refractivity contribution is 5.93. The van der Waals surface area contributed by atoms with Crippen LogP contribution in [0.25, 0.3) is 0 Å². The minimum Gasteiger partial charge on any atom is -0.472 e. The van der Waals surface area contributed by atoms with E-state index in [2.05, 4.69) is 20.4 Å². The lowest BCUT2D eigenvalue weighted by Crippen LogP contribution is -2.50. The first-order valence-corrected chi connectivity index (χ1v) is 8.73. The summed E-state index contributed by atoms with van der Waals surface area (Å²) < 4.78 is 11.2. The first kappa shape index (κ1) is 16.2. The number of nitrogens with one attached hydrogen (secondary N) is 1. The fourth-order valence-corrected chi connectivity index (χ4v) is 3.92. The molecule has 132 valence electrons. The fourth-order valence-electron chi connectivity index (χ4n) is 3.92. The van der Waals surface area contributed by atoms with E-state index >= 15 is 0 Å². The lowest BCUT2D eigenvalue weighted by atomic mass is 10.0. The lowest BCUT2D eigenvalue weighted by molar-refractivity contribution is -0.0757. The number of furan rings is 1. The standard InChI is InChI=1S/C18H22N4O3/c23-18(15-3-5-20-21-10-15)19-9-14-1-2-16-17(14)25-8-6-22(16)11-13-4-7-24-12-13/h3-5,7,10,12,14,16-17H,1-2,6,8-9,11H2,(H,19,23)/t14-,16-,17-/m0/s1. The van der Waals surface area contributed by atoms with Gasteiger partial charge in [0.05, 0.1) is 43.2 Å². The molecule has 4 rings (SSSR count). The number of fused-ring (bicyclic) bond motifs is 1. The van der Waals surface area contributed by atoms with E-state index in [1.165, 1.54) is 18.0 Å². The molecule has 25 heavy (non-hydrogen) atoms. The average molecular weight is 342 g/mol. The van der Waals surface area contributed by atoms with Crippen LogP contribution in [0.2, 0.25) is 0 Å². The summed E-state index contributed by atoms with van der Waals surface area (Å²) in [4.78, 5) is 14.7. The number of hydrogen-bond donors (Lipinski definition) is 1. The highest BCUT2D eigenvalue weighted by Gasteiger charge is 2.42. The molecule has 3 heterocycles. The van der Waals surface area contributed by atoms with Gasteiger partial charge in [-0.15, -0.1) is 0 Å². The van der Waals surface area contributed by atoms with Gasteiger partial charge in [0.25, 0.3) is 5.91 Å². The van der Waals surface area contributed by atoms with Crippen LogP contribution < -0.4 is 5.32 Å². The van der Waals surface area contributed by atoms with Crippen LogP contribution in [0.5, 0.6) is 0 Å². The van der Waals surface area contributed by atoms with E-state index in [0.717, 1.165) is 32.5 Å². The molecule has 1 saturated heterocycles. The first-order chi connectivity index (χ1) is 12.3. The quantitative estimate of drug-likeness (QED) is 0.886. The van der Waals surface area contributed by atoms with Gasteiger partial charge in [-0.1, -0.05) is 0 Å². The number of carbonyl (C=O) groups is 1. The molecule has 2 fully saturated rings. The Morgan fingerprint density at radius 3 is 3.08 bits per heavy atom. The molecule has 0 aromatic carbocycles. The normalized spacial score (nSPS) is 26.3. The molecule has 2 aromatic heterocycles. The third-order valence-electron chi connectivity index (χ3n) is 5.17. The Bertz CT molecular complexity index is 692. The van der Waals surface area contributed by atoms with Gasteiger partial charge in [-0.3, -0.25) is 9.69 Å². The van der Waals surface area contributed by atoms with Crippen LogP contribution in [-0.4, -0.2) is 52.8 Å². The van der Waals surface area contributed by atoms with Crippen molar-refractivity contribution in [1.29, 1.82) is 0 Å². The molecule has 2 aromatic rings. The Labute approximate surface area is 146 Å². The van der Waals surface area contributed by atoms with E-state index in [1.54, 1.807) is 18.6 Å². The second-order valence-corrected chi connectivity index (χ2v) is 6.68. The van der Waals surface area contributed by atoms with Crippen molar-refractivity contribution in [1.82, 2.24) is 20.4 Å². The molecule has 1 amide bonds.